The summed E-state index contributed by atoms with van der Waals surface area (Å²) in [6, 6.07) is 6.52. The molecule has 0 amide bonds. The van der Waals surface area contributed by atoms with E-state index in [2.05, 4.69) is 4.90 Å². The quantitative estimate of drug-likeness (QED) is 0.800. The van der Waals surface area contributed by atoms with Gasteiger partial charge < -0.3 is 10.6 Å². The van der Waals surface area contributed by atoms with E-state index in [0.717, 1.165) is 18.7 Å². The highest BCUT2D eigenvalue weighted by atomic mass is 32.1. The molecule has 2 nitrogen and oxygen atoms in total. The van der Waals surface area contributed by atoms with E-state index in [-0.39, 0.29) is 11.7 Å². The predicted molar refractivity (Wildman–Crippen MR) is 68.7 cm³/mol. The lowest BCUT2D eigenvalue weighted by Gasteiger charge is -2.20. The molecule has 0 saturated carbocycles. The third kappa shape index (κ3) is 4.24. The Morgan fingerprint density at radius 1 is 1.44 bits per heavy atom. The van der Waals surface area contributed by atoms with Gasteiger partial charge in [0.2, 0.25) is 0 Å². The standard InChI is InChI=1S/C12H17FN2S/c1-9(12(14)16)7-15(2)8-10-3-5-11(13)6-4-10/h3-6,9H,7-8H2,1-2H3,(H2,14,16). The average Bonchev–Trinajstić information content (AvgIpc) is 2.21. The molecule has 4 heteroatoms. The zero-order chi connectivity index (χ0) is 12.1. The molecule has 0 bridgehead atoms. The molecule has 2 N–H and O–H groups in total. The van der Waals surface area contributed by atoms with Crippen LogP contribution in [-0.2, 0) is 6.54 Å². The second-order valence-corrected chi connectivity index (χ2v) is 4.60. The molecule has 1 rings (SSSR count). The van der Waals surface area contributed by atoms with Gasteiger partial charge in [0.1, 0.15) is 5.82 Å². The second kappa shape index (κ2) is 5.92. The van der Waals surface area contributed by atoms with Crippen molar-refractivity contribution >= 4 is 17.2 Å². The fourth-order valence-corrected chi connectivity index (χ4v) is 1.60. The van der Waals surface area contributed by atoms with Crippen molar-refractivity contribution in [2.45, 2.75) is 13.5 Å². The first kappa shape index (κ1) is 13.1. The highest BCUT2D eigenvalue weighted by Crippen LogP contribution is 2.07. The number of nitrogens with zero attached hydrogens (tertiary/aromatic N) is 1. The molecule has 1 unspecified atom stereocenters. The molecule has 0 aromatic heterocycles. The summed E-state index contributed by atoms with van der Waals surface area (Å²) in [4.78, 5) is 2.66. The summed E-state index contributed by atoms with van der Waals surface area (Å²) < 4.78 is 12.7. The lowest BCUT2D eigenvalue weighted by molar-refractivity contribution is 0.307. The first-order chi connectivity index (χ1) is 7.49. The third-order valence-electron chi connectivity index (χ3n) is 2.44. The van der Waals surface area contributed by atoms with Gasteiger partial charge in [-0.05, 0) is 24.7 Å². The SMILES string of the molecule is CC(CN(C)Cc1ccc(F)cc1)C(N)=S. The Bertz CT molecular complexity index is 351. The van der Waals surface area contributed by atoms with E-state index >= 15 is 0 Å². The first-order valence-electron chi connectivity index (χ1n) is 5.21. The summed E-state index contributed by atoms with van der Waals surface area (Å²) >= 11 is 4.92. The number of rotatable bonds is 5. The van der Waals surface area contributed by atoms with Gasteiger partial charge in [0, 0.05) is 19.0 Å². The van der Waals surface area contributed by atoms with Gasteiger partial charge in [0.25, 0.3) is 0 Å². The van der Waals surface area contributed by atoms with E-state index in [9.17, 15) is 4.39 Å². The van der Waals surface area contributed by atoms with E-state index in [1.165, 1.54) is 12.1 Å². The third-order valence-corrected chi connectivity index (χ3v) is 2.84. The fourth-order valence-electron chi connectivity index (χ4n) is 1.52. The van der Waals surface area contributed by atoms with Crippen LogP contribution >= 0.6 is 12.2 Å². The fraction of sp³-hybridized carbons (Fsp3) is 0.417. The maximum absolute atomic E-state index is 12.7. The van der Waals surface area contributed by atoms with Gasteiger partial charge in [0.05, 0.1) is 4.99 Å². The highest BCUT2D eigenvalue weighted by Gasteiger charge is 2.09. The first-order valence-corrected chi connectivity index (χ1v) is 5.62. The van der Waals surface area contributed by atoms with Crippen LogP contribution in [-0.4, -0.2) is 23.5 Å². The van der Waals surface area contributed by atoms with Crippen LogP contribution in [0.3, 0.4) is 0 Å². The Balaban J connectivity index is 2.48. The normalized spacial score (nSPS) is 12.8. The molecule has 0 aliphatic carbocycles. The van der Waals surface area contributed by atoms with Crippen molar-refractivity contribution < 1.29 is 4.39 Å². The van der Waals surface area contributed by atoms with Gasteiger partial charge in [0.15, 0.2) is 0 Å². The monoisotopic (exact) mass is 240 g/mol. The zero-order valence-corrected chi connectivity index (χ0v) is 10.4. The van der Waals surface area contributed by atoms with E-state index in [0.29, 0.717) is 4.99 Å². The Morgan fingerprint density at radius 3 is 2.50 bits per heavy atom. The minimum absolute atomic E-state index is 0.195. The topological polar surface area (TPSA) is 29.3 Å². The molecule has 0 aliphatic rings. The van der Waals surface area contributed by atoms with Gasteiger partial charge in [-0.25, -0.2) is 4.39 Å². The number of thiocarbonyl (C=S) groups is 1. The van der Waals surface area contributed by atoms with Crippen molar-refractivity contribution in [3.63, 3.8) is 0 Å². The number of nitrogens with two attached hydrogens (primary N) is 1. The van der Waals surface area contributed by atoms with Crippen LogP contribution in [0.1, 0.15) is 12.5 Å². The zero-order valence-electron chi connectivity index (χ0n) is 9.61. The lowest BCUT2D eigenvalue weighted by Crippen LogP contribution is -2.31. The number of hydrogen-bond acceptors (Lipinski definition) is 2. The molecule has 88 valence electrons. The summed E-state index contributed by atoms with van der Waals surface area (Å²) in [5.41, 5.74) is 6.64. The van der Waals surface area contributed by atoms with Crippen LogP contribution in [0.2, 0.25) is 0 Å². The van der Waals surface area contributed by atoms with Crippen molar-refractivity contribution in [2.24, 2.45) is 11.7 Å². The van der Waals surface area contributed by atoms with E-state index < -0.39 is 0 Å². The van der Waals surface area contributed by atoms with Crippen molar-refractivity contribution in [2.75, 3.05) is 13.6 Å². The van der Waals surface area contributed by atoms with Crippen molar-refractivity contribution in [3.8, 4) is 0 Å². The number of benzene rings is 1. The molecule has 0 saturated heterocycles. The maximum atomic E-state index is 12.7. The minimum Gasteiger partial charge on any atom is -0.393 e. The van der Waals surface area contributed by atoms with Crippen LogP contribution in [0, 0.1) is 11.7 Å². The Morgan fingerprint density at radius 2 is 2.00 bits per heavy atom. The molecular weight excluding hydrogens is 223 g/mol. The largest absolute Gasteiger partial charge is 0.393 e. The molecule has 0 fully saturated rings. The van der Waals surface area contributed by atoms with Crippen LogP contribution in [0.25, 0.3) is 0 Å². The molecule has 0 aliphatic heterocycles. The Kier molecular flexibility index (Phi) is 4.83. The van der Waals surface area contributed by atoms with Gasteiger partial charge in [-0.1, -0.05) is 31.3 Å². The Labute approximate surface area is 101 Å². The smallest absolute Gasteiger partial charge is 0.123 e. The van der Waals surface area contributed by atoms with Crippen LogP contribution < -0.4 is 5.73 Å². The van der Waals surface area contributed by atoms with Crippen LogP contribution in [0.15, 0.2) is 24.3 Å². The van der Waals surface area contributed by atoms with Crippen molar-refractivity contribution in [1.29, 1.82) is 0 Å². The minimum atomic E-state index is -0.206. The number of halogens is 1. The molecule has 0 spiro atoms. The van der Waals surface area contributed by atoms with Crippen LogP contribution in [0.5, 0.6) is 0 Å². The van der Waals surface area contributed by atoms with E-state index in [1.807, 2.05) is 14.0 Å². The predicted octanol–water partition coefficient (Wildman–Crippen LogP) is 2.18. The molecule has 0 radical (unpaired) electrons. The Hall–Kier alpha value is -1.00. The van der Waals surface area contributed by atoms with Crippen molar-refractivity contribution in [1.82, 2.24) is 4.90 Å². The van der Waals surface area contributed by atoms with E-state index in [1.54, 1.807) is 12.1 Å². The molecule has 1 atom stereocenters. The maximum Gasteiger partial charge on any atom is 0.123 e. The summed E-state index contributed by atoms with van der Waals surface area (Å²) in [5.74, 6) is -0.0108. The summed E-state index contributed by atoms with van der Waals surface area (Å²) in [6.45, 7) is 3.59. The summed E-state index contributed by atoms with van der Waals surface area (Å²) in [5, 5.41) is 0. The van der Waals surface area contributed by atoms with Crippen LogP contribution in [0.4, 0.5) is 4.39 Å². The lowest BCUT2D eigenvalue weighted by atomic mass is 10.1. The van der Waals surface area contributed by atoms with Gasteiger partial charge in [-0.2, -0.15) is 0 Å². The van der Waals surface area contributed by atoms with Gasteiger partial charge >= 0.3 is 0 Å². The van der Waals surface area contributed by atoms with Gasteiger partial charge in [-0.3, -0.25) is 0 Å². The molecule has 16 heavy (non-hydrogen) atoms. The van der Waals surface area contributed by atoms with Crippen molar-refractivity contribution in [3.05, 3.63) is 35.6 Å². The summed E-state index contributed by atoms with van der Waals surface area (Å²) in [7, 11) is 2.00. The molecule has 1 aromatic rings. The average molecular weight is 240 g/mol. The molecule has 1 aromatic carbocycles. The second-order valence-electron chi connectivity index (χ2n) is 4.13. The molecule has 0 heterocycles. The molecular formula is C12H17FN2S. The van der Waals surface area contributed by atoms with Gasteiger partial charge in [-0.15, -0.1) is 0 Å². The van der Waals surface area contributed by atoms with E-state index in [4.69, 9.17) is 18.0 Å². The summed E-state index contributed by atoms with van der Waals surface area (Å²) in [6.07, 6.45) is 0. The highest BCUT2D eigenvalue weighted by molar-refractivity contribution is 7.80. The number of hydrogen-bond donors (Lipinski definition) is 1.